The van der Waals surface area contributed by atoms with Crippen LogP contribution in [-0.2, 0) is 0 Å². The molecule has 2 aromatic heterocycles. The molecule has 6 heteroatoms. The van der Waals surface area contributed by atoms with Gasteiger partial charge in [0.15, 0.2) is 0 Å². The van der Waals surface area contributed by atoms with E-state index in [1.807, 2.05) is 36.6 Å². The molecular weight excluding hydrogens is 417 g/mol. The number of benzene rings is 1. The van der Waals surface area contributed by atoms with Gasteiger partial charge in [-0.15, -0.1) is 0 Å². The van der Waals surface area contributed by atoms with E-state index in [1.54, 1.807) is 0 Å². The van der Waals surface area contributed by atoms with Crippen LogP contribution in [0.25, 0.3) is 16.7 Å². The van der Waals surface area contributed by atoms with E-state index in [0.717, 1.165) is 16.9 Å². The van der Waals surface area contributed by atoms with Crippen LogP contribution in [-0.4, -0.2) is 9.97 Å². The van der Waals surface area contributed by atoms with Gasteiger partial charge in [0.1, 0.15) is 16.8 Å². The maximum Gasteiger partial charge on any atom is 0.413 e. The van der Waals surface area contributed by atoms with E-state index < -0.39 is 5.69 Å². The summed E-state index contributed by atoms with van der Waals surface area (Å²) in [5, 5.41) is 0.503. The van der Waals surface area contributed by atoms with Gasteiger partial charge in [-0.05, 0) is 49.1 Å². The van der Waals surface area contributed by atoms with Gasteiger partial charge in [0.05, 0.1) is 0 Å². The third-order valence-electron chi connectivity index (χ3n) is 4.14. The summed E-state index contributed by atoms with van der Waals surface area (Å²) in [5.41, 5.74) is 3.61. The fourth-order valence-corrected chi connectivity index (χ4v) is 2.98. The van der Waals surface area contributed by atoms with Crippen molar-refractivity contribution in [1.82, 2.24) is 9.97 Å². The van der Waals surface area contributed by atoms with E-state index in [0.29, 0.717) is 17.0 Å². The van der Waals surface area contributed by atoms with Crippen molar-refractivity contribution in [3.05, 3.63) is 68.0 Å². The van der Waals surface area contributed by atoms with Crippen LogP contribution in [0.4, 0.5) is 0 Å². The zero-order valence-corrected chi connectivity index (χ0v) is 16.3. The number of pyridine rings is 1. The number of hydrogen-bond acceptors (Lipinski definition) is 2. The SMILES string of the molecule is Cc1cc(C)[n+](-c2ccc(C(C)C)cc2)c2[nH]c(=O)[nH]c(=O)c12.[I-]. The molecule has 0 fully saturated rings. The molecular formula is C18H20IN3O2. The summed E-state index contributed by atoms with van der Waals surface area (Å²) in [5.74, 6) is 0.451. The summed E-state index contributed by atoms with van der Waals surface area (Å²) in [6.45, 7) is 8.12. The Morgan fingerprint density at radius 3 is 2.21 bits per heavy atom. The molecule has 0 radical (unpaired) electrons. The maximum atomic E-state index is 12.2. The molecule has 3 rings (SSSR count). The Labute approximate surface area is 156 Å². The molecule has 0 aliphatic heterocycles. The highest BCUT2D eigenvalue weighted by atomic mass is 127. The van der Waals surface area contributed by atoms with Gasteiger partial charge >= 0.3 is 11.3 Å². The molecule has 0 spiro atoms. The number of hydrogen-bond donors (Lipinski definition) is 2. The second-order valence-corrected chi connectivity index (χ2v) is 6.18. The van der Waals surface area contributed by atoms with Gasteiger partial charge in [0.25, 0.3) is 5.56 Å². The molecule has 2 N–H and O–H groups in total. The summed E-state index contributed by atoms with van der Waals surface area (Å²) in [7, 11) is 0. The van der Waals surface area contributed by atoms with E-state index in [9.17, 15) is 9.59 Å². The average molecular weight is 437 g/mol. The van der Waals surface area contributed by atoms with Crippen molar-refractivity contribution < 1.29 is 28.5 Å². The Morgan fingerprint density at radius 2 is 1.62 bits per heavy atom. The first-order chi connectivity index (χ1) is 10.9. The molecule has 0 saturated heterocycles. The zero-order valence-electron chi connectivity index (χ0n) is 14.1. The highest BCUT2D eigenvalue weighted by molar-refractivity contribution is 5.74. The highest BCUT2D eigenvalue weighted by Crippen LogP contribution is 2.17. The lowest BCUT2D eigenvalue weighted by Crippen LogP contribution is -3.00. The standard InChI is InChI=1S/C18H19N3O2.HI/c1-10(2)13-5-7-14(8-6-13)21-12(4)9-11(3)15-16(21)19-18(23)20-17(15)22;/h5-10H,1-4H3,(H,20,22,23);1H. The summed E-state index contributed by atoms with van der Waals surface area (Å²) in [6.07, 6.45) is 0. The van der Waals surface area contributed by atoms with Crippen molar-refractivity contribution >= 4 is 11.0 Å². The minimum atomic E-state index is -0.500. The fourth-order valence-electron chi connectivity index (χ4n) is 2.98. The van der Waals surface area contributed by atoms with Crippen LogP contribution in [0.1, 0.15) is 36.6 Å². The lowest BCUT2D eigenvalue weighted by molar-refractivity contribution is -0.576. The highest BCUT2D eigenvalue weighted by Gasteiger charge is 2.19. The van der Waals surface area contributed by atoms with Crippen LogP contribution in [0.2, 0.25) is 0 Å². The number of nitrogens with zero attached hydrogens (tertiary/aromatic N) is 1. The Kier molecular flexibility index (Phi) is 5.27. The predicted octanol–water partition coefficient (Wildman–Crippen LogP) is -0.763. The third kappa shape index (κ3) is 3.15. The first-order valence-corrected chi connectivity index (χ1v) is 7.67. The normalized spacial score (nSPS) is 10.9. The topological polar surface area (TPSA) is 69.6 Å². The monoisotopic (exact) mass is 437 g/mol. The molecule has 0 aliphatic rings. The van der Waals surface area contributed by atoms with E-state index >= 15 is 0 Å². The lowest BCUT2D eigenvalue weighted by atomic mass is 10.0. The first-order valence-electron chi connectivity index (χ1n) is 7.67. The van der Waals surface area contributed by atoms with Crippen molar-refractivity contribution in [2.45, 2.75) is 33.6 Å². The van der Waals surface area contributed by atoms with Gasteiger partial charge in [0.2, 0.25) is 0 Å². The Morgan fingerprint density at radius 1 is 1.00 bits per heavy atom. The molecule has 0 bridgehead atoms. The number of aromatic amines is 2. The molecule has 5 nitrogen and oxygen atoms in total. The molecule has 1 aromatic carbocycles. The molecule has 3 aromatic rings. The Hall–Kier alpha value is -1.96. The molecule has 0 amide bonds. The molecule has 0 aliphatic carbocycles. The zero-order chi connectivity index (χ0) is 16.7. The molecule has 24 heavy (non-hydrogen) atoms. The molecule has 126 valence electrons. The maximum absolute atomic E-state index is 12.2. The van der Waals surface area contributed by atoms with E-state index in [4.69, 9.17) is 0 Å². The van der Waals surface area contributed by atoms with Crippen LogP contribution in [0.5, 0.6) is 0 Å². The minimum absolute atomic E-state index is 0. The minimum Gasteiger partial charge on any atom is -1.00 e. The van der Waals surface area contributed by atoms with Crippen LogP contribution in [0.3, 0.4) is 0 Å². The molecule has 2 heterocycles. The van der Waals surface area contributed by atoms with Crippen LogP contribution in [0.15, 0.2) is 39.9 Å². The summed E-state index contributed by atoms with van der Waals surface area (Å²) >= 11 is 0. The Balaban J connectivity index is 0.00000208. The lowest BCUT2D eigenvalue weighted by Gasteiger charge is -2.10. The number of halogens is 1. The number of nitrogens with one attached hydrogen (secondary N) is 2. The van der Waals surface area contributed by atoms with Crippen LogP contribution < -0.4 is 39.8 Å². The fraction of sp³-hybridized carbons (Fsp3) is 0.278. The average Bonchev–Trinajstić information content (AvgIpc) is 2.46. The second kappa shape index (κ2) is 6.88. The smallest absolute Gasteiger partial charge is 0.413 e. The largest absolute Gasteiger partial charge is 1.00 e. The first kappa shape index (κ1) is 18.4. The Bertz CT molecular complexity index is 1000. The number of H-pyrrole nitrogens is 2. The van der Waals surface area contributed by atoms with Gasteiger partial charge < -0.3 is 24.0 Å². The second-order valence-electron chi connectivity index (χ2n) is 6.18. The summed E-state index contributed by atoms with van der Waals surface area (Å²) in [4.78, 5) is 29.0. The van der Waals surface area contributed by atoms with Gasteiger partial charge in [-0.1, -0.05) is 26.0 Å². The van der Waals surface area contributed by atoms with Crippen molar-refractivity contribution in [2.75, 3.05) is 0 Å². The van der Waals surface area contributed by atoms with Crippen LogP contribution in [0, 0.1) is 13.8 Å². The quantitative estimate of drug-likeness (QED) is 0.409. The third-order valence-corrected chi connectivity index (χ3v) is 4.14. The van der Waals surface area contributed by atoms with Gasteiger partial charge in [-0.3, -0.25) is 9.78 Å². The van der Waals surface area contributed by atoms with Crippen molar-refractivity contribution in [2.24, 2.45) is 0 Å². The summed E-state index contributed by atoms with van der Waals surface area (Å²) < 4.78 is 1.91. The van der Waals surface area contributed by atoms with Crippen molar-refractivity contribution in [3.8, 4) is 5.69 Å². The number of fused-ring (bicyclic) bond motifs is 1. The summed E-state index contributed by atoms with van der Waals surface area (Å²) in [6, 6.07) is 10.1. The van der Waals surface area contributed by atoms with Crippen LogP contribution >= 0.6 is 0 Å². The van der Waals surface area contributed by atoms with E-state index in [2.05, 4.69) is 35.9 Å². The predicted molar refractivity (Wildman–Crippen MR) is 90.3 cm³/mol. The molecule has 0 atom stereocenters. The van der Waals surface area contributed by atoms with E-state index in [-0.39, 0.29) is 29.5 Å². The van der Waals surface area contributed by atoms with Gasteiger partial charge in [-0.25, -0.2) is 4.79 Å². The van der Waals surface area contributed by atoms with Crippen molar-refractivity contribution in [3.63, 3.8) is 0 Å². The van der Waals surface area contributed by atoms with Gasteiger partial charge in [0, 0.05) is 0 Å². The molecule has 0 saturated carbocycles. The number of aromatic nitrogens is 3. The molecule has 0 unspecified atom stereocenters. The number of aryl methyl sites for hydroxylation is 2. The van der Waals surface area contributed by atoms with E-state index in [1.165, 1.54) is 5.56 Å². The number of rotatable bonds is 2. The van der Waals surface area contributed by atoms with Crippen molar-refractivity contribution in [1.29, 1.82) is 0 Å². The van der Waals surface area contributed by atoms with Gasteiger partial charge in [-0.2, -0.15) is 9.55 Å².